The molecule has 90 valence electrons. The van der Waals surface area contributed by atoms with Crippen molar-refractivity contribution in [2.45, 2.75) is 32.9 Å². The van der Waals surface area contributed by atoms with Gasteiger partial charge in [0.15, 0.2) is 0 Å². The quantitative estimate of drug-likeness (QED) is 0.793. The largest absolute Gasteiger partial charge is 0.299 e. The van der Waals surface area contributed by atoms with E-state index in [0.29, 0.717) is 0 Å². The summed E-state index contributed by atoms with van der Waals surface area (Å²) in [6.45, 7) is 6.61. The number of nitrogens with zero attached hydrogens (tertiary/aromatic N) is 3. The molecule has 1 aromatic rings. The summed E-state index contributed by atoms with van der Waals surface area (Å²) in [5.74, 6) is 0.829. The van der Waals surface area contributed by atoms with E-state index in [4.69, 9.17) is 0 Å². The van der Waals surface area contributed by atoms with Gasteiger partial charge < -0.3 is 0 Å². The van der Waals surface area contributed by atoms with E-state index in [1.54, 1.807) is 0 Å². The zero-order valence-electron chi connectivity index (χ0n) is 9.90. The molecule has 1 fully saturated rings. The molecule has 0 spiro atoms. The maximum atomic E-state index is 4.32. The molecule has 1 atom stereocenters. The summed E-state index contributed by atoms with van der Waals surface area (Å²) in [6.07, 6.45) is 6.87. The van der Waals surface area contributed by atoms with Crippen LogP contribution in [0.3, 0.4) is 0 Å². The molecule has 0 bridgehead atoms. The van der Waals surface area contributed by atoms with Gasteiger partial charge in [-0.25, -0.2) is 0 Å². The molecule has 0 radical (unpaired) electrons. The van der Waals surface area contributed by atoms with Gasteiger partial charge in [-0.2, -0.15) is 5.10 Å². The van der Waals surface area contributed by atoms with Crippen LogP contribution >= 0.6 is 15.9 Å². The summed E-state index contributed by atoms with van der Waals surface area (Å²) >= 11 is 3.60. The number of aryl methyl sites for hydroxylation is 1. The molecule has 3 nitrogen and oxygen atoms in total. The van der Waals surface area contributed by atoms with Crippen LogP contribution in [0.2, 0.25) is 0 Å². The van der Waals surface area contributed by atoms with E-state index in [1.165, 1.54) is 31.5 Å². The number of rotatable bonds is 4. The van der Waals surface area contributed by atoms with Crippen LogP contribution in [0.5, 0.6) is 0 Å². The molecule has 16 heavy (non-hydrogen) atoms. The van der Waals surface area contributed by atoms with Crippen molar-refractivity contribution in [3.63, 3.8) is 0 Å². The predicted octanol–water partition coefficient (Wildman–Crippen LogP) is 2.51. The Hall–Kier alpha value is -0.350. The van der Waals surface area contributed by atoms with E-state index >= 15 is 0 Å². The number of hydrogen-bond acceptors (Lipinski definition) is 2. The number of likely N-dealkylation sites (tertiary alicyclic amines) is 1. The van der Waals surface area contributed by atoms with Gasteiger partial charge in [0.25, 0.3) is 0 Å². The van der Waals surface area contributed by atoms with Gasteiger partial charge in [0, 0.05) is 36.7 Å². The van der Waals surface area contributed by atoms with Gasteiger partial charge in [-0.05, 0) is 32.2 Å². The van der Waals surface area contributed by atoms with Crippen molar-refractivity contribution in [1.82, 2.24) is 14.7 Å². The van der Waals surface area contributed by atoms with Gasteiger partial charge in [0.2, 0.25) is 0 Å². The van der Waals surface area contributed by atoms with Crippen molar-refractivity contribution >= 4 is 15.9 Å². The monoisotopic (exact) mass is 285 g/mol. The highest BCUT2D eigenvalue weighted by molar-refractivity contribution is 9.09. The Labute approximate surface area is 106 Å². The van der Waals surface area contributed by atoms with Crippen molar-refractivity contribution in [3.8, 4) is 0 Å². The second kappa shape index (κ2) is 5.82. The lowest BCUT2D eigenvalue weighted by atomic mass is 10.00. The summed E-state index contributed by atoms with van der Waals surface area (Å²) in [7, 11) is 0. The molecular weight excluding hydrogens is 266 g/mol. The Bertz CT molecular complexity index is 324. The first-order valence-corrected chi connectivity index (χ1v) is 7.23. The number of piperidine rings is 1. The van der Waals surface area contributed by atoms with Gasteiger partial charge in [-0.3, -0.25) is 9.58 Å². The number of halogens is 1. The molecule has 0 aromatic carbocycles. The SMILES string of the molecule is CCn1cc(CN2CCCC(CBr)C2)cn1. The first-order chi connectivity index (χ1) is 7.81. The summed E-state index contributed by atoms with van der Waals surface area (Å²) in [4.78, 5) is 2.55. The van der Waals surface area contributed by atoms with Gasteiger partial charge in [-0.15, -0.1) is 0 Å². The summed E-state index contributed by atoms with van der Waals surface area (Å²) in [5, 5.41) is 5.46. The van der Waals surface area contributed by atoms with Crippen molar-refractivity contribution in [2.75, 3.05) is 18.4 Å². The molecule has 0 aliphatic carbocycles. The Kier molecular flexibility index (Phi) is 4.41. The fourth-order valence-electron chi connectivity index (χ4n) is 2.34. The highest BCUT2D eigenvalue weighted by Gasteiger charge is 2.19. The van der Waals surface area contributed by atoms with E-state index in [1.807, 2.05) is 10.9 Å². The average molecular weight is 286 g/mol. The number of aromatic nitrogens is 2. The summed E-state index contributed by atoms with van der Waals surface area (Å²) in [5.41, 5.74) is 1.34. The molecule has 0 amide bonds. The normalized spacial score (nSPS) is 22.5. The van der Waals surface area contributed by atoms with Crippen LogP contribution in [0.15, 0.2) is 12.4 Å². The third kappa shape index (κ3) is 3.08. The van der Waals surface area contributed by atoms with Crippen LogP contribution in [0.4, 0.5) is 0 Å². The van der Waals surface area contributed by atoms with Crippen molar-refractivity contribution < 1.29 is 0 Å². The Morgan fingerprint density at radius 2 is 2.44 bits per heavy atom. The molecule has 1 aromatic heterocycles. The smallest absolute Gasteiger partial charge is 0.0534 e. The average Bonchev–Trinajstić information content (AvgIpc) is 2.77. The second-order valence-electron chi connectivity index (χ2n) is 4.60. The van der Waals surface area contributed by atoms with Crippen LogP contribution in [-0.4, -0.2) is 33.1 Å². The molecule has 1 saturated heterocycles. The van der Waals surface area contributed by atoms with E-state index in [-0.39, 0.29) is 0 Å². The van der Waals surface area contributed by atoms with Gasteiger partial charge in [-0.1, -0.05) is 15.9 Å². The molecule has 2 heterocycles. The topological polar surface area (TPSA) is 21.1 Å². The number of alkyl halides is 1. The van der Waals surface area contributed by atoms with Crippen LogP contribution in [0.25, 0.3) is 0 Å². The lowest BCUT2D eigenvalue weighted by Gasteiger charge is -2.31. The highest BCUT2D eigenvalue weighted by Crippen LogP contribution is 2.19. The van der Waals surface area contributed by atoms with Crippen LogP contribution in [-0.2, 0) is 13.1 Å². The Balaban J connectivity index is 1.88. The predicted molar refractivity (Wildman–Crippen MR) is 69.7 cm³/mol. The molecule has 2 rings (SSSR count). The summed E-state index contributed by atoms with van der Waals surface area (Å²) in [6, 6.07) is 0. The van der Waals surface area contributed by atoms with Crippen LogP contribution < -0.4 is 0 Å². The van der Waals surface area contributed by atoms with Crippen molar-refractivity contribution in [1.29, 1.82) is 0 Å². The lowest BCUT2D eigenvalue weighted by Crippen LogP contribution is -2.35. The highest BCUT2D eigenvalue weighted by atomic mass is 79.9. The molecule has 1 aliphatic heterocycles. The minimum Gasteiger partial charge on any atom is -0.299 e. The third-order valence-corrected chi connectivity index (χ3v) is 4.15. The first kappa shape index (κ1) is 12.1. The van der Waals surface area contributed by atoms with Crippen molar-refractivity contribution in [3.05, 3.63) is 18.0 Å². The van der Waals surface area contributed by atoms with Crippen LogP contribution in [0, 0.1) is 5.92 Å². The fraction of sp³-hybridized carbons (Fsp3) is 0.750. The lowest BCUT2D eigenvalue weighted by molar-refractivity contribution is 0.179. The van der Waals surface area contributed by atoms with Crippen LogP contribution in [0.1, 0.15) is 25.3 Å². The molecule has 0 saturated carbocycles. The van der Waals surface area contributed by atoms with Gasteiger partial charge in [0.1, 0.15) is 0 Å². The first-order valence-electron chi connectivity index (χ1n) is 6.11. The standard InChI is InChI=1S/C12H20BrN3/c1-2-16-10-12(7-14-16)9-15-5-3-4-11(6-13)8-15/h7,10-11H,2-6,8-9H2,1H3. The molecule has 4 heteroatoms. The third-order valence-electron chi connectivity index (χ3n) is 3.24. The zero-order chi connectivity index (χ0) is 11.4. The molecule has 1 unspecified atom stereocenters. The fourth-order valence-corrected chi connectivity index (χ4v) is 2.87. The summed E-state index contributed by atoms with van der Waals surface area (Å²) < 4.78 is 2.00. The Morgan fingerprint density at radius 3 is 3.12 bits per heavy atom. The molecule has 1 aliphatic rings. The van der Waals surface area contributed by atoms with Gasteiger partial charge >= 0.3 is 0 Å². The molecule has 0 N–H and O–H groups in total. The van der Waals surface area contributed by atoms with E-state index in [2.05, 4.69) is 39.0 Å². The number of hydrogen-bond donors (Lipinski definition) is 0. The van der Waals surface area contributed by atoms with Gasteiger partial charge in [0.05, 0.1) is 6.20 Å². The Morgan fingerprint density at radius 1 is 1.56 bits per heavy atom. The van der Waals surface area contributed by atoms with E-state index in [9.17, 15) is 0 Å². The second-order valence-corrected chi connectivity index (χ2v) is 5.25. The van der Waals surface area contributed by atoms with Crippen molar-refractivity contribution in [2.24, 2.45) is 5.92 Å². The van der Waals surface area contributed by atoms with E-state index < -0.39 is 0 Å². The maximum absolute atomic E-state index is 4.32. The zero-order valence-corrected chi connectivity index (χ0v) is 11.5. The minimum absolute atomic E-state index is 0.829. The molecular formula is C12H20BrN3. The maximum Gasteiger partial charge on any atom is 0.0534 e. The minimum atomic E-state index is 0.829. The van der Waals surface area contributed by atoms with E-state index in [0.717, 1.165) is 24.3 Å².